The zero-order valence-corrected chi connectivity index (χ0v) is 16.0. The minimum absolute atomic E-state index is 0.0476. The molecule has 0 bridgehead atoms. The SMILES string of the molecule is CCC(C(=S)c1ccc2c(c1)CCC(=O)N2)c1nccn1-c1ccccc1. The summed E-state index contributed by atoms with van der Waals surface area (Å²) in [6.07, 6.45) is 5.97. The maximum Gasteiger partial charge on any atom is 0.224 e. The summed E-state index contributed by atoms with van der Waals surface area (Å²) in [5.74, 6) is 1.08. The number of para-hydroxylation sites is 1. The molecule has 136 valence electrons. The van der Waals surface area contributed by atoms with E-state index >= 15 is 0 Å². The zero-order valence-electron chi connectivity index (χ0n) is 15.2. The maximum atomic E-state index is 11.6. The van der Waals surface area contributed by atoms with Gasteiger partial charge in [-0.3, -0.25) is 4.79 Å². The number of amides is 1. The van der Waals surface area contributed by atoms with Crippen LogP contribution in [0.4, 0.5) is 5.69 Å². The van der Waals surface area contributed by atoms with Gasteiger partial charge in [-0.2, -0.15) is 0 Å². The Hall–Kier alpha value is -2.79. The summed E-state index contributed by atoms with van der Waals surface area (Å²) in [6.45, 7) is 2.14. The van der Waals surface area contributed by atoms with Gasteiger partial charge in [0.25, 0.3) is 0 Å². The molecule has 4 nitrogen and oxygen atoms in total. The lowest BCUT2D eigenvalue weighted by Crippen LogP contribution is -2.20. The second kappa shape index (κ2) is 7.45. The number of carbonyl (C=O) groups is 1. The molecule has 5 heteroatoms. The van der Waals surface area contributed by atoms with E-state index in [2.05, 4.69) is 40.0 Å². The summed E-state index contributed by atoms with van der Waals surface area (Å²) in [5, 5.41) is 2.93. The molecule has 0 saturated heterocycles. The molecule has 1 unspecified atom stereocenters. The molecule has 0 fully saturated rings. The first-order valence-electron chi connectivity index (χ1n) is 9.23. The van der Waals surface area contributed by atoms with Crippen molar-refractivity contribution in [2.75, 3.05) is 5.32 Å². The van der Waals surface area contributed by atoms with Gasteiger partial charge in [-0.15, -0.1) is 0 Å². The van der Waals surface area contributed by atoms with Crippen LogP contribution in [0.15, 0.2) is 60.9 Å². The summed E-state index contributed by atoms with van der Waals surface area (Å²) >= 11 is 5.89. The fourth-order valence-electron chi connectivity index (χ4n) is 3.60. The predicted molar refractivity (Wildman–Crippen MR) is 112 cm³/mol. The average molecular weight is 375 g/mol. The molecule has 0 spiro atoms. The lowest BCUT2D eigenvalue weighted by Gasteiger charge is -2.21. The Morgan fingerprint density at radius 1 is 1.22 bits per heavy atom. The number of aromatic nitrogens is 2. The van der Waals surface area contributed by atoms with Gasteiger partial charge in [-0.05, 0) is 48.2 Å². The van der Waals surface area contributed by atoms with Crippen molar-refractivity contribution < 1.29 is 4.79 Å². The molecule has 3 aromatic rings. The second-order valence-electron chi connectivity index (χ2n) is 6.74. The molecule has 2 heterocycles. The fourth-order valence-corrected chi connectivity index (χ4v) is 4.00. The van der Waals surface area contributed by atoms with Crippen molar-refractivity contribution in [3.63, 3.8) is 0 Å². The first-order chi connectivity index (χ1) is 13.2. The highest BCUT2D eigenvalue weighted by molar-refractivity contribution is 7.81. The van der Waals surface area contributed by atoms with Gasteiger partial charge in [0.2, 0.25) is 5.91 Å². The van der Waals surface area contributed by atoms with E-state index in [1.807, 2.05) is 42.7 Å². The molecule has 1 N–H and O–H groups in total. The van der Waals surface area contributed by atoms with Crippen molar-refractivity contribution >= 4 is 28.7 Å². The van der Waals surface area contributed by atoms with E-state index in [0.29, 0.717) is 6.42 Å². The van der Waals surface area contributed by atoms with E-state index in [-0.39, 0.29) is 11.8 Å². The molecule has 1 aromatic heterocycles. The number of carbonyl (C=O) groups excluding carboxylic acids is 1. The van der Waals surface area contributed by atoms with Crippen molar-refractivity contribution in [1.82, 2.24) is 9.55 Å². The van der Waals surface area contributed by atoms with Gasteiger partial charge >= 0.3 is 0 Å². The Labute approximate surface area is 164 Å². The van der Waals surface area contributed by atoms with Gasteiger partial charge in [0.15, 0.2) is 0 Å². The topological polar surface area (TPSA) is 46.9 Å². The van der Waals surface area contributed by atoms with Gasteiger partial charge in [0.05, 0.1) is 5.92 Å². The van der Waals surface area contributed by atoms with E-state index in [1.165, 1.54) is 0 Å². The van der Waals surface area contributed by atoms with Crippen LogP contribution < -0.4 is 5.32 Å². The molecular weight excluding hydrogens is 354 g/mol. The normalized spacial score (nSPS) is 14.3. The van der Waals surface area contributed by atoms with Crippen LogP contribution in [0, 0.1) is 0 Å². The molecule has 4 rings (SSSR count). The third kappa shape index (κ3) is 3.43. The number of thiocarbonyl (C=S) groups is 1. The summed E-state index contributed by atoms with van der Waals surface area (Å²) in [7, 11) is 0. The summed E-state index contributed by atoms with van der Waals surface area (Å²) in [4.78, 5) is 17.1. The highest BCUT2D eigenvalue weighted by Crippen LogP contribution is 2.29. The number of fused-ring (bicyclic) bond motifs is 1. The molecule has 2 aromatic carbocycles. The Kier molecular flexibility index (Phi) is 4.86. The molecule has 0 saturated carbocycles. The minimum atomic E-state index is 0.0476. The molecule has 0 radical (unpaired) electrons. The largest absolute Gasteiger partial charge is 0.326 e. The van der Waals surface area contributed by atoms with Gasteiger partial charge in [0, 0.05) is 35.1 Å². The fraction of sp³-hybridized carbons (Fsp3) is 0.227. The Morgan fingerprint density at radius 3 is 2.81 bits per heavy atom. The van der Waals surface area contributed by atoms with Crippen molar-refractivity contribution in [3.05, 3.63) is 77.9 Å². The first kappa shape index (κ1) is 17.6. The molecular formula is C22H21N3OS. The van der Waals surface area contributed by atoms with Gasteiger partial charge in [0.1, 0.15) is 5.82 Å². The maximum absolute atomic E-state index is 11.6. The van der Waals surface area contributed by atoms with Crippen molar-refractivity contribution in [3.8, 4) is 5.69 Å². The molecule has 0 aliphatic carbocycles. The molecule has 1 amide bonds. The van der Waals surface area contributed by atoms with Crippen molar-refractivity contribution in [1.29, 1.82) is 0 Å². The molecule has 27 heavy (non-hydrogen) atoms. The third-order valence-electron chi connectivity index (χ3n) is 5.03. The van der Waals surface area contributed by atoms with Crippen molar-refractivity contribution in [2.45, 2.75) is 32.1 Å². The third-order valence-corrected chi connectivity index (χ3v) is 5.55. The van der Waals surface area contributed by atoms with E-state index < -0.39 is 0 Å². The predicted octanol–water partition coefficient (Wildman–Crippen LogP) is 4.67. The minimum Gasteiger partial charge on any atom is -0.326 e. The number of hydrogen-bond donors (Lipinski definition) is 1. The summed E-state index contributed by atoms with van der Waals surface area (Å²) < 4.78 is 2.11. The number of hydrogen-bond acceptors (Lipinski definition) is 3. The van der Waals surface area contributed by atoms with Gasteiger partial charge in [-0.1, -0.05) is 43.4 Å². The van der Waals surface area contributed by atoms with Crippen molar-refractivity contribution in [2.24, 2.45) is 0 Å². The number of aryl methyl sites for hydroxylation is 1. The quantitative estimate of drug-likeness (QED) is 0.521. The van der Waals surface area contributed by atoms with E-state index in [4.69, 9.17) is 12.2 Å². The average Bonchev–Trinajstić information content (AvgIpc) is 3.18. The number of imidazole rings is 1. The van der Waals surface area contributed by atoms with Crippen LogP contribution in [0.2, 0.25) is 0 Å². The monoisotopic (exact) mass is 375 g/mol. The standard InChI is InChI=1S/C22H21N3OS/c1-2-18(22-23-12-13-25(22)17-6-4-3-5-7-17)21(27)16-8-10-19-15(14-16)9-11-20(26)24-19/h3-8,10,12-14,18H,2,9,11H2,1H3,(H,24,26). The number of rotatable bonds is 5. The van der Waals surface area contributed by atoms with Gasteiger partial charge in [-0.25, -0.2) is 4.98 Å². The lowest BCUT2D eigenvalue weighted by atomic mass is 9.92. The van der Waals surface area contributed by atoms with Crippen LogP contribution in [0.5, 0.6) is 0 Å². The Morgan fingerprint density at radius 2 is 2.04 bits per heavy atom. The first-order valence-corrected chi connectivity index (χ1v) is 9.64. The highest BCUT2D eigenvalue weighted by Gasteiger charge is 2.23. The summed E-state index contributed by atoms with van der Waals surface area (Å²) in [5.41, 5.74) is 4.17. The Bertz CT molecular complexity index is 994. The van der Waals surface area contributed by atoms with E-state index in [0.717, 1.165) is 46.0 Å². The number of benzene rings is 2. The number of anilines is 1. The second-order valence-corrected chi connectivity index (χ2v) is 7.18. The molecule has 1 aliphatic rings. The smallest absolute Gasteiger partial charge is 0.224 e. The van der Waals surface area contributed by atoms with E-state index in [1.54, 1.807) is 0 Å². The van der Waals surface area contributed by atoms with Crippen LogP contribution in [0.3, 0.4) is 0 Å². The number of nitrogens with one attached hydrogen (secondary N) is 1. The zero-order chi connectivity index (χ0) is 18.8. The van der Waals surface area contributed by atoms with E-state index in [9.17, 15) is 4.79 Å². The number of nitrogens with zero attached hydrogens (tertiary/aromatic N) is 2. The van der Waals surface area contributed by atoms with Gasteiger partial charge < -0.3 is 9.88 Å². The van der Waals surface area contributed by atoms with Crippen LogP contribution in [0.25, 0.3) is 5.69 Å². The Balaban J connectivity index is 1.67. The lowest BCUT2D eigenvalue weighted by molar-refractivity contribution is -0.116. The van der Waals surface area contributed by atoms with Crippen LogP contribution in [-0.2, 0) is 11.2 Å². The van der Waals surface area contributed by atoms with Crippen LogP contribution in [0.1, 0.15) is 42.6 Å². The van der Waals surface area contributed by atoms with Crippen LogP contribution >= 0.6 is 12.2 Å². The van der Waals surface area contributed by atoms with Crippen LogP contribution in [-0.4, -0.2) is 20.3 Å². The molecule has 1 atom stereocenters. The molecule has 1 aliphatic heterocycles. The highest BCUT2D eigenvalue weighted by atomic mass is 32.1. The summed E-state index contributed by atoms with van der Waals surface area (Å²) in [6, 6.07) is 16.3.